The van der Waals surface area contributed by atoms with E-state index in [-0.39, 0.29) is 6.04 Å². The van der Waals surface area contributed by atoms with E-state index < -0.39 is 0 Å². The number of aromatic amines is 1. The summed E-state index contributed by atoms with van der Waals surface area (Å²) in [6.07, 6.45) is 4.49. The van der Waals surface area contributed by atoms with Crippen molar-refractivity contribution in [1.29, 1.82) is 0 Å². The van der Waals surface area contributed by atoms with Crippen molar-refractivity contribution >= 4 is 28.5 Å². The summed E-state index contributed by atoms with van der Waals surface area (Å²) in [5, 5.41) is 3.65. The highest BCUT2D eigenvalue weighted by molar-refractivity contribution is 5.79. The quantitative estimate of drug-likeness (QED) is 0.584. The number of hydrogen-bond acceptors (Lipinski definition) is 6. The SMILES string of the molecule is Cc1nc2c(C3Cc4cc(CN(C)CC5CCC(=O)CC5)ccc4N3)cc(N)nc2[nH]1. The Morgan fingerprint density at radius 3 is 2.81 bits per heavy atom. The van der Waals surface area contributed by atoms with Gasteiger partial charge in [-0.3, -0.25) is 4.79 Å². The highest BCUT2D eigenvalue weighted by atomic mass is 16.1. The lowest BCUT2D eigenvalue weighted by molar-refractivity contribution is -0.121. The van der Waals surface area contributed by atoms with E-state index in [0.717, 1.165) is 67.7 Å². The molecular formula is C24H30N6O. The molecule has 0 amide bonds. The molecule has 1 fully saturated rings. The number of hydrogen-bond donors (Lipinski definition) is 3. The number of H-pyrrole nitrogens is 1. The smallest absolute Gasteiger partial charge is 0.160 e. The Bertz CT molecular complexity index is 1130. The van der Waals surface area contributed by atoms with E-state index >= 15 is 0 Å². The molecule has 1 saturated carbocycles. The number of carbonyl (C=O) groups is 1. The average Bonchev–Trinajstić information content (AvgIpc) is 3.31. The van der Waals surface area contributed by atoms with Crippen LogP contribution in [0, 0.1) is 12.8 Å². The van der Waals surface area contributed by atoms with E-state index in [2.05, 4.69) is 50.4 Å². The van der Waals surface area contributed by atoms with E-state index in [1.165, 1.54) is 16.8 Å². The van der Waals surface area contributed by atoms with Crippen LogP contribution in [0.2, 0.25) is 0 Å². The Labute approximate surface area is 182 Å². The molecule has 0 radical (unpaired) electrons. The third kappa shape index (κ3) is 4.14. The lowest BCUT2D eigenvalue weighted by Crippen LogP contribution is -2.28. The van der Waals surface area contributed by atoms with E-state index in [1.807, 2.05) is 13.0 Å². The largest absolute Gasteiger partial charge is 0.384 e. The zero-order valence-electron chi connectivity index (χ0n) is 18.2. The van der Waals surface area contributed by atoms with Crippen molar-refractivity contribution in [1.82, 2.24) is 19.9 Å². The van der Waals surface area contributed by atoms with Crippen molar-refractivity contribution < 1.29 is 4.79 Å². The Balaban J connectivity index is 1.29. The van der Waals surface area contributed by atoms with Gasteiger partial charge in [0.05, 0.1) is 6.04 Å². The second-order valence-corrected chi connectivity index (χ2v) is 9.23. The van der Waals surface area contributed by atoms with Gasteiger partial charge in [0.2, 0.25) is 0 Å². The number of aryl methyl sites for hydroxylation is 1. The molecule has 0 spiro atoms. The van der Waals surface area contributed by atoms with Gasteiger partial charge in [0.15, 0.2) is 5.65 Å². The molecule has 2 aliphatic rings. The number of ketones is 1. The number of benzene rings is 1. The van der Waals surface area contributed by atoms with E-state index in [9.17, 15) is 4.79 Å². The Morgan fingerprint density at radius 2 is 2.00 bits per heavy atom. The third-order valence-electron chi connectivity index (χ3n) is 6.60. The lowest BCUT2D eigenvalue weighted by Gasteiger charge is -2.26. The van der Waals surface area contributed by atoms with Gasteiger partial charge in [-0.1, -0.05) is 12.1 Å². The molecule has 2 aromatic heterocycles. The summed E-state index contributed by atoms with van der Waals surface area (Å²) in [6, 6.07) is 8.80. The van der Waals surface area contributed by atoms with Crippen LogP contribution in [-0.4, -0.2) is 39.2 Å². The maximum Gasteiger partial charge on any atom is 0.160 e. The van der Waals surface area contributed by atoms with E-state index in [1.54, 1.807) is 0 Å². The summed E-state index contributed by atoms with van der Waals surface area (Å²) in [6.45, 7) is 3.91. The highest BCUT2D eigenvalue weighted by Crippen LogP contribution is 2.37. The third-order valence-corrected chi connectivity index (χ3v) is 6.60. The van der Waals surface area contributed by atoms with Crippen LogP contribution in [-0.2, 0) is 17.8 Å². The zero-order chi connectivity index (χ0) is 21.5. The number of anilines is 2. The maximum absolute atomic E-state index is 11.5. The van der Waals surface area contributed by atoms with Gasteiger partial charge < -0.3 is 20.9 Å². The van der Waals surface area contributed by atoms with Crippen LogP contribution in [0.4, 0.5) is 11.5 Å². The summed E-state index contributed by atoms with van der Waals surface area (Å²) >= 11 is 0. The number of nitrogen functional groups attached to an aromatic ring is 1. The molecule has 1 aliphatic heterocycles. The zero-order valence-corrected chi connectivity index (χ0v) is 18.2. The predicted octanol–water partition coefficient (Wildman–Crippen LogP) is 3.75. The van der Waals surface area contributed by atoms with Crippen LogP contribution in [0.3, 0.4) is 0 Å². The first-order valence-electron chi connectivity index (χ1n) is 11.2. The summed E-state index contributed by atoms with van der Waals surface area (Å²) in [4.78, 5) is 26.1. The average molecular weight is 419 g/mol. The second-order valence-electron chi connectivity index (χ2n) is 9.23. The molecule has 3 heterocycles. The second kappa shape index (κ2) is 7.96. The van der Waals surface area contributed by atoms with Gasteiger partial charge in [0.1, 0.15) is 22.9 Å². The molecule has 4 N–H and O–H groups in total. The number of carbonyl (C=O) groups excluding carboxylic acids is 1. The first-order chi connectivity index (χ1) is 14.9. The van der Waals surface area contributed by atoms with Gasteiger partial charge in [-0.25, -0.2) is 9.97 Å². The van der Waals surface area contributed by atoms with E-state index in [0.29, 0.717) is 17.5 Å². The fourth-order valence-corrected chi connectivity index (χ4v) is 5.12. The Kier molecular flexibility index (Phi) is 5.14. The van der Waals surface area contributed by atoms with Gasteiger partial charge in [-0.05, 0) is 62.4 Å². The van der Waals surface area contributed by atoms with Crippen molar-refractivity contribution in [2.24, 2.45) is 5.92 Å². The number of fused-ring (bicyclic) bond motifs is 2. The molecule has 1 aromatic carbocycles. The summed E-state index contributed by atoms with van der Waals surface area (Å²) in [5.41, 5.74) is 12.6. The van der Waals surface area contributed by atoms with Gasteiger partial charge in [-0.15, -0.1) is 0 Å². The number of imidazole rings is 1. The summed E-state index contributed by atoms with van der Waals surface area (Å²) < 4.78 is 0. The van der Waals surface area contributed by atoms with Crippen molar-refractivity contribution in [3.63, 3.8) is 0 Å². The number of nitrogens with zero attached hydrogens (tertiary/aromatic N) is 3. The van der Waals surface area contributed by atoms with Crippen LogP contribution < -0.4 is 11.1 Å². The van der Waals surface area contributed by atoms with Crippen molar-refractivity contribution in [3.05, 3.63) is 46.8 Å². The minimum atomic E-state index is 0.137. The molecule has 7 nitrogen and oxygen atoms in total. The number of nitrogens with one attached hydrogen (secondary N) is 2. The van der Waals surface area contributed by atoms with E-state index in [4.69, 9.17) is 5.73 Å². The van der Waals surface area contributed by atoms with Gasteiger partial charge in [0, 0.05) is 37.2 Å². The van der Waals surface area contributed by atoms with Crippen LogP contribution in [0.15, 0.2) is 24.3 Å². The lowest BCUT2D eigenvalue weighted by atomic mass is 9.88. The number of Topliss-reactive ketones (excluding diaryl/α,β-unsaturated/α-hetero) is 1. The fraction of sp³-hybridized carbons (Fsp3) is 0.458. The number of nitrogens with two attached hydrogens (primary N) is 1. The van der Waals surface area contributed by atoms with Crippen LogP contribution in [0.1, 0.15) is 54.2 Å². The molecule has 0 saturated heterocycles. The van der Waals surface area contributed by atoms with Crippen LogP contribution >= 0.6 is 0 Å². The monoisotopic (exact) mass is 418 g/mol. The minimum absolute atomic E-state index is 0.137. The molecule has 7 heteroatoms. The van der Waals surface area contributed by atoms with Gasteiger partial charge in [0.25, 0.3) is 0 Å². The van der Waals surface area contributed by atoms with Crippen molar-refractivity contribution in [2.45, 2.75) is 51.6 Å². The first-order valence-corrected chi connectivity index (χ1v) is 11.2. The molecule has 0 bridgehead atoms. The number of aromatic nitrogens is 3. The molecular weight excluding hydrogens is 388 g/mol. The standard InChI is InChI=1S/C24H30N6O/c1-14-26-23-19(11-22(25)29-24(23)27-14)21-10-17-9-16(5-8-20(17)28-21)13-30(2)12-15-3-6-18(31)7-4-15/h5,8-9,11,15,21,28H,3-4,6-7,10,12-13H2,1-2H3,(H3,25,26,27,29). The predicted molar refractivity (Wildman–Crippen MR) is 123 cm³/mol. The van der Waals surface area contributed by atoms with Crippen LogP contribution in [0.5, 0.6) is 0 Å². The normalized spacial score (nSPS) is 19.2. The summed E-state index contributed by atoms with van der Waals surface area (Å²) in [5.74, 6) is 2.42. The summed E-state index contributed by atoms with van der Waals surface area (Å²) in [7, 11) is 2.18. The Hall–Kier alpha value is -2.93. The first kappa shape index (κ1) is 20.0. The molecule has 3 aromatic rings. The molecule has 1 aliphatic carbocycles. The van der Waals surface area contributed by atoms with Crippen LogP contribution in [0.25, 0.3) is 11.2 Å². The minimum Gasteiger partial charge on any atom is -0.384 e. The van der Waals surface area contributed by atoms with Gasteiger partial charge in [-0.2, -0.15) is 0 Å². The van der Waals surface area contributed by atoms with Crippen molar-refractivity contribution in [3.8, 4) is 0 Å². The molecule has 31 heavy (non-hydrogen) atoms. The topological polar surface area (TPSA) is 99.9 Å². The molecule has 1 unspecified atom stereocenters. The fourth-order valence-electron chi connectivity index (χ4n) is 5.12. The molecule has 162 valence electrons. The molecule has 5 rings (SSSR count). The number of pyridine rings is 1. The number of rotatable bonds is 5. The molecule has 1 atom stereocenters. The highest BCUT2D eigenvalue weighted by Gasteiger charge is 2.26. The maximum atomic E-state index is 11.5. The van der Waals surface area contributed by atoms with Crippen molar-refractivity contribution in [2.75, 3.05) is 24.6 Å². The Morgan fingerprint density at radius 1 is 1.19 bits per heavy atom. The van der Waals surface area contributed by atoms with Gasteiger partial charge >= 0.3 is 0 Å².